The Morgan fingerprint density at radius 3 is 3.05 bits per heavy atom. The SMILES string of the molecule is Cc1noc2ncnc(NCc3cc(C(=O)O)ccn3)c12. The van der Waals surface area contributed by atoms with Crippen LogP contribution in [0.5, 0.6) is 0 Å². The average Bonchev–Trinajstić information content (AvgIpc) is 2.88. The van der Waals surface area contributed by atoms with Crippen molar-refractivity contribution in [2.24, 2.45) is 0 Å². The molecule has 0 amide bonds. The maximum atomic E-state index is 10.9. The van der Waals surface area contributed by atoms with Gasteiger partial charge in [0.05, 0.1) is 23.5 Å². The fraction of sp³-hybridized carbons (Fsp3) is 0.154. The molecule has 0 aliphatic heterocycles. The monoisotopic (exact) mass is 285 g/mol. The second-order valence-electron chi connectivity index (χ2n) is 4.36. The van der Waals surface area contributed by atoms with Crippen LogP contribution in [-0.2, 0) is 6.54 Å². The van der Waals surface area contributed by atoms with E-state index in [9.17, 15) is 4.79 Å². The van der Waals surface area contributed by atoms with Gasteiger partial charge in [0.1, 0.15) is 17.5 Å². The number of hydrogen-bond acceptors (Lipinski definition) is 7. The first-order valence-electron chi connectivity index (χ1n) is 6.14. The standard InChI is InChI=1S/C13H11N5O3/c1-7-10-11(16-6-17-12(10)21-18-7)15-5-9-4-8(13(19)20)2-3-14-9/h2-4,6H,5H2,1H3,(H,19,20)(H,15,16,17). The van der Waals surface area contributed by atoms with E-state index in [4.69, 9.17) is 9.63 Å². The predicted molar refractivity (Wildman–Crippen MR) is 72.9 cm³/mol. The van der Waals surface area contributed by atoms with Crippen molar-refractivity contribution >= 4 is 22.9 Å². The third-order valence-corrected chi connectivity index (χ3v) is 2.94. The molecule has 106 valence electrons. The number of aromatic nitrogens is 4. The summed E-state index contributed by atoms with van der Waals surface area (Å²) >= 11 is 0. The van der Waals surface area contributed by atoms with Crippen LogP contribution in [0.15, 0.2) is 29.2 Å². The highest BCUT2D eigenvalue weighted by atomic mass is 16.5. The van der Waals surface area contributed by atoms with Crippen LogP contribution >= 0.6 is 0 Å². The van der Waals surface area contributed by atoms with E-state index in [1.165, 1.54) is 24.7 Å². The number of pyridine rings is 1. The minimum atomic E-state index is -0.988. The summed E-state index contributed by atoms with van der Waals surface area (Å²) in [6.07, 6.45) is 2.83. The van der Waals surface area contributed by atoms with Gasteiger partial charge in [0.2, 0.25) is 0 Å². The summed E-state index contributed by atoms with van der Waals surface area (Å²) in [5.41, 5.74) is 1.86. The van der Waals surface area contributed by atoms with Gasteiger partial charge in [-0.1, -0.05) is 5.16 Å². The number of aryl methyl sites for hydroxylation is 1. The third kappa shape index (κ3) is 2.50. The number of carbonyl (C=O) groups is 1. The quantitative estimate of drug-likeness (QED) is 0.743. The number of nitrogens with one attached hydrogen (secondary N) is 1. The lowest BCUT2D eigenvalue weighted by Crippen LogP contribution is -2.06. The molecule has 3 aromatic rings. The van der Waals surface area contributed by atoms with Crippen LogP contribution in [0, 0.1) is 6.92 Å². The van der Waals surface area contributed by atoms with E-state index < -0.39 is 5.97 Å². The zero-order valence-electron chi connectivity index (χ0n) is 11.1. The summed E-state index contributed by atoms with van der Waals surface area (Å²) in [7, 11) is 0. The van der Waals surface area contributed by atoms with Crippen molar-refractivity contribution in [3.05, 3.63) is 41.6 Å². The fourth-order valence-electron chi connectivity index (χ4n) is 1.94. The molecule has 8 nitrogen and oxygen atoms in total. The molecule has 0 aromatic carbocycles. The van der Waals surface area contributed by atoms with Crippen LogP contribution in [0.1, 0.15) is 21.7 Å². The highest BCUT2D eigenvalue weighted by Crippen LogP contribution is 2.22. The smallest absolute Gasteiger partial charge is 0.335 e. The molecule has 0 aliphatic carbocycles. The van der Waals surface area contributed by atoms with Gasteiger partial charge in [0, 0.05) is 6.20 Å². The lowest BCUT2D eigenvalue weighted by atomic mass is 10.2. The Hall–Kier alpha value is -3.03. The second kappa shape index (κ2) is 5.16. The number of hydrogen-bond donors (Lipinski definition) is 2. The molecule has 0 aliphatic rings. The van der Waals surface area contributed by atoms with Crippen LogP contribution in [0.4, 0.5) is 5.82 Å². The maximum Gasteiger partial charge on any atom is 0.335 e. The molecule has 0 bridgehead atoms. The molecule has 8 heteroatoms. The summed E-state index contributed by atoms with van der Waals surface area (Å²) in [6.45, 7) is 2.13. The zero-order chi connectivity index (χ0) is 14.8. The van der Waals surface area contributed by atoms with Crippen molar-refractivity contribution in [3.8, 4) is 0 Å². The van der Waals surface area contributed by atoms with Gasteiger partial charge in [-0.25, -0.2) is 9.78 Å². The largest absolute Gasteiger partial charge is 0.478 e. The molecule has 0 fully saturated rings. The van der Waals surface area contributed by atoms with Crippen molar-refractivity contribution in [2.45, 2.75) is 13.5 Å². The minimum absolute atomic E-state index is 0.191. The Balaban J connectivity index is 1.85. The highest BCUT2D eigenvalue weighted by molar-refractivity contribution is 5.88. The van der Waals surface area contributed by atoms with Gasteiger partial charge in [-0.2, -0.15) is 4.98 Å². The maximum absolute atomic E-state index is 10.9. The molecule has 2 N–H and O–H groups in total. The van der Waals surface area contributed by atoms with Gasteiger partial charge in [0.25, 0.3) is 5.71 Å². The Kier molecular flexibility index (Phi) is 3.19. The number of anilines is 1. The summed E-state index contributed by atoms with van der Waals surface area (Å²) < 4.78 is 5.06. The van der Waals surface area contributed by atoms with Crippen LogP contribution in [0.3, 0.4) is 0 Å². The fourth-order valence-corrected chi connectivity index (χ4v) is 1.94. The van der Waals surface area contributed by atoms with Crippen molar-refractivity contribution < 1.29 is 14.4 Å². The Bertz CT molecular complexity index is 814. The van der Waals surface area contributed by atoms with Gasteiger partial charge in [-0.3, -0.25) is 4.98 Å². The molecule has 3 rings (SSSR count). The molecular formula is C13H11N5O3. The number of nitrogens with zero attached hydrogens (tertiary/aromatic N) is 4. The van der Waals surface area contributed by atoms with Gasteiger partial charge < -0.3 is 14.9 Å². The van der Waals surface area contributed by atoms with E-state index in [1.54, 1.807) is 6.92 Å². The van der Waals surface area contributed by atoms with Crippen LogP contribution < -0.4 is 5.32 Å². The van der Waals surface area contributed by atoms with Crippen LogP contribution in [0.2, 0.25) is 0 Å². The molecule has 3 heterocycles. The van der Waals surface area contributed by atoms with Crippen LogP contribution in [0.25, 0.3) is 11.1 Å². The highest BCUT2D eigenvalue weighted by Gasteiger charge is 2.12. The summed E-state index contributed by atoms with van der Waals surface area (Å²) in [4.78, 5) is 23.2. The van der Waals surface area contributed by atoms with Crippen molar-refractivity contribution in [2.75, 3.05) is 5.32 Å². The zero-order valence-corrected chi connectivity index (χ0v) is 11.1. The normalized spacial score (nSPS) is 10.7. The Morgan fingerprint density at radius 1 is 1.38 bits per heavy atom. The molecule has 3 aromatic heterocycles. The van der Waals surface area contributed by atoms with Gasteiger partial charge in [-0.15, -0.1) is 0 Å². The lowest BCUT2D eigenvalue weighted by molar-refractivity contribution is 0.0696. The minimum Gasteiger partial charge on any atom is -0.478 e. The third-order valence-electron chi connectivity index (χ3n) is 2.94. The lowest BCUT2D eigenvalue weighted by Gasteiger charge is -2.06. The Morgan fingerprint density at radius 2 is 2.24 bits per heavy atom. The molecule has 0 unspecified atom stereocenters. The number of rotatable bonds is 4. The van der Waals surface area contributed by atoms with Crippen molar-refractivity contribution in [1.29, 1.82) is 0 Å². The first kappa shape index (κ1) is 13.0. The molecular weight excluding hydrogens is 274 g/mol. The van der Waals surface area contributed by atoms with Crippen molar-refractivity contribution in [1.82, 2.24) is 20.1 Å². The molecule has 0 saturated heterocycles. The first-order valence-corrected chi connectivity index (χ1v) is 6.14. The second-order valence-corrected chi connectivity index (χ2v) is 4.36. The van der Waals surface area contributed by atoms with Gasteiger partial charge in [0.15, 0.2) is 0 Å². The number of fused-ring (bicyclic) bond motifs is 1. The predicted octanol–water partition coefficient (Wildman–Crippen LogP) is 1.63. The van der Waals surface area contributed by atoms with E-state index in [1.807, 2.05) is 0 Å². The van der Waals surface area contributed by atoms with Crippen LogP contribution in [-0.4, -0.2) is 31.2 Å². The summed E-state index contributed by atoms with van der Waals surface area (Å²) in [6, 6.07) is 2.95. The summed E-state index contributed by atoms with van der Waals surface area (Å²) in [5, 5.41) is 16.6. The van der Waals surface area contributed by atoms with Gasteiger partial charge in [-0.05, 0) is 19.1 Å². The Labute approximate surface area is 118 Å². The average molecular weight is 285 g/mol. The van der Waals surface area contributed by atoms with E-state index in [0.29, 0.717) is 34.9 Å². The summed E-state index contributed by atoms with van der Waals surface area (Å²) in [5.74, 6) is -0.417. The molecule has 0 spiro atoms. The van der Waals surface area contributed by atoms with E-state index >= 15 is 0 Å². The number of aromatic carboxylic acids is 1. The number of carboxylic acids is 1. The van der Waals surface area contributed by atoms with Crippen molar-refractivity contribution in [3.63, 3.8) is 0 Å². The van der Waals surface area contributed by atoms with E-state index in [2.05, 4.69) is 25.4 Å². The topological polar surface area (TPSA) is 114 Å². The van der Waals surface area contributed by atoms with E-state index in [0.717, 1.165) is 0 Å². The molecule has 0 radical (unpaired) electrons. The number of carboxylic acid groups (broad SMARTS) is 1. The first-order chi connectivity index (χ1) is 10.1. The molecule has 21 heavy (non-hydrogen) atoms. The molecule has 0 atom stereocenters. The van der Waals surface area contributed by atoms with E-state index in [-0.39, 0.29) is 5.56 Å². The van der Waals surface area contributed by atoms with Gasteiger partial charge >= 0.3 is 5.97 Å². The molecule has 0 saturated carbocycles.